The number of ketones is 1. The highest BCUT2D eigenvalue weighted by Crippen LogP contribution is 2.47. The van der Waals surface area contributed by atoms with Gasteiger partial charge in [0.1, 0.15) is 6.04 Å². The first-order chi connectivity index (χ1) is 16.3. The molecule has 0 saturated heterocycles. The smallest absolute Gasteiger partial charge is 0.270 e. The SMILES string of the molecule is CC1(C)CC(=O)C2=C(C1)Nc1nc(-c3cccc([N+](=O)[O-])c3)nn1C2c1ccc2c(c1)OCO2. The van der Waals surface area contributed by atoms with E-state index < -0.39 is 11.0 Å². The largest absolute Gasteiger partial charge is 0.454 e. The fourth-order valence-corrected chi connectivity index (χ4v) is 4.88. The second-order valence-electron chi connectivity index (χ2n) is 9.48. The van der Waals surface area contributed by atoms with Gasteiger partial charge in [-0.25, -0.2) is 4.68 Å². The number of carbonyl (C=O) groups excluding carboxylic acids is 1. The van der Waals surface area contributed by atoms with Crippen LogP contribution in [0, 0.1) is 15.5 Å². The lowest BCUT2D eigenvalue weighted by atomic mass is 9.73. The van der Waals surface area contributed by atoms with Crippen LogP contribution in [0.2, 0.25) is 0 Å². The van der Waals surface area contributed by atoms with Gasteiger partial charge in [-0.1, -0.05) is 32.0 Å². The van der Waals surface area contributed by atoms with Crippen molar-refractivity contribution in [3.8, 4) is 22.9 Å². The number of ether oxygens (including phenoxy) is 2. The number of hydrogen-bond donors (Lipinski definition) is 1. The van der Waals surface area contributed by atoms with Crippen molar-refractivity contribution >= 4 is 17.4 Å². The van der Waals surface area contributed by atoms with Crippen molar-refractivity contribution < 1.29 is 19.2 Å². The Morgan fingerprint density at radius 1 is 1.15 bits per heavy atom. The summed E-state index contributed by atoms with van der Waals surface area (Å²) in [7, 11) is 0. The predicted octanol–water partition coefficient (Wildman–Crippen LogP) is 4.24. The monoisotopic (exact) mass is 459 g/mol. The fourth-order valence-electron chi connectivity index (χ4n) is 4.88. The van der Waals surface area contributed by atoms with E-state index in [0.29, 0.717) is 47.2 Å². The van der Waals surface area contributed by atoms with Crippen LogP contribution in [0.3, 0.4) is 0 Å². The van der Waals surface area contributed by atoms with Crippen molar-refractivity contribution in [1.82, 2.24) is 14.8 Å². The molecule has 6 rings (SSSR count). The third-order valence-corrected chi connectivity index (χ3v) is 6.36. The Hall–Kier alpha value is -4.21. The first-order valence-corrected chi connectivity index (χ1v) is 10.9. The zero-order valence-electron chi connectivity index (χ0n) is 18.6. The van der Waals surface area contributed by atoms with E-state index in [9.17, 15) is 14.9 Å². The van der Waals surface area contributed by atoms with E-state index in [1.165, 1.54) is 12.1 Å². The van der Waals surface area contributed by atoms with Gasteiger partial charge in [0.2, 0.25) is 12.7 Å². The maximum Gasteiger partial charge on any atom is 0.270 e. The Kier molecular flexibility index (Phi) is 4.29. The standard InChI is InChI=1S/C24H21N5O5/c1-24(2)10-16-20(17(30)11-24)21(13-6-7-18-19(9-13)34-12-33-18)28-23(25-16)26-22(27-28)14-4-3-5-15(8-14)29(31)32/h3-9,21H,10-12H2,1-2H3,(H,25,26,27). The van der Waals surface area contributed by atoms with Gasteiger partial charge in [0.15, 0.2) is 23.1 Å². The highest BCUT2D eigenvalue weighted by atomic mass is 16.7. The summed E-state index contributed by atoms with van der Waals surface area (Å²) in [6, 6.07) is 11.3. The second kappa shape index (κ2) is 7.14. The zero-order valence-corrected chi connectivity index (χ0v) is 18.6. The van der Waals surface area contributed by atoms with Crippen molar-refractivity contribution in [2.24, 2.45) is 5.41 Å². The molecule has 2 aromatic carbocycles. The average Bonchev–Trinajstić information content (AvgIpc) is 3.43. The number of rotatable bonds is 3. The molecule has 1 aliphatic carbocycles. The molecule has 1 aromatic heterocycles. The number of anilines is 1. The Morgan fingerprint density at radius 3 is 2.79 bits per heavy atom. The van der Waals surface area contributed by atoms with E-state index in [4.69, 9.17) is 14.6 Å². The maximum atomic E-state index is 13.4. The van der Waals surface area contributed by atoms with Crippen LogP contribution >= 0.6 is 0 Å². The maximum absolute atomic E-state index is 13.4. The van der Waals surface area contributed by atoms with Crippen LogP contribution < -0.4 is 14.8 Å². The summed E-state index contributed by atoms with van der Waals surface area (Å²) in [5.74, 6) is 2.14. The predicted molar refractivity (Wildman–Crippen MR) is 121 cm³/mol. The number of aromatic nitrogens is 3. The number of benzene rings is 2. The van der Waals surface area contributed by atoms with Crippen molar-refractivity contribution in [2.45, 2.75) is 32.7 Å². The first-order valence-electron chi connectivity index (χ1n) is 10.9. The molecule has 0 bridgehead atoms. The van der Waals surface area contributed by atoms with E-state index in [1.54, 1.807) is 16.8 Å². The molecule has 1 atom stereocenters. The molecule has 3 heterocycles. The van der Waals surface area contributed by atoms with Crippen LogP contribution in [-0.2, 0) is 4.79 Å². The van der Waals surface area contributed by atoms with Crippen LogP contribution in [0.5, 0.6) is 11.5 Å². The number of nitro groups is 1. The van der Waals surface area contributed by atoms with Crippen LogP contribution in [0.25, 0.3) is 11.4 Å². The molecular weight excluding hydrogens is 438 g/mol. The lowest BCUT2D eigenvalue weighted by molar-refractivity contribution is -0.384. The minimum Gasteiger partial charge on any atom is -0.454 e. The molecular formula is C24H21N5O5. The molecule has 0 radical (unpaired) electrons. The van der Waals surface area contributed by atoms with Gasteiger partial charge in [-0.05, 0) is 29.5 Å². The van der Waals surface area contributed by atoms with E-state index in [1.807, 2.05) is 18.2 Å². The van der Waals surface area contributed by atoms with Crippen LogP contribution in [0.1, 0.15) is 38.3 Å². The molecule has 1 unspecified atom stereocenters. The molecule has 3 aliphatic rings. The zero-order chi connectivity index (χ0) is 23.6. The molecule has 1 N–H and O–H groups in total. The summed E-state index contributed by atoms with van der Waals surface area (Å²) in [6.07, 6.45) is 1.12. The number of nitrogens with zero attached hydrogens (tertiary/aromatic N) is 4. The third kappa shape index (κ3) is 3.21. The van der Waals surface area contributed by atoms with Gasteiger partial charge < -0.3 is 14.8 Å². The molecule has 10 heteroatoms. The number of non-ortho nitro benzene ring substituents is 1. The van der Waals surface area contributed by atoms with Crippen molar-refractivity contribution in [2.75, 3.05) is 12.1 Å². The quantitative estimate of drug-likeness (QED) is 0.456. The summed E-state index contributed by atoms with van der Waals surface area (Å²) < 4.78 is 12.7. The number of nitro benzene ring substituents is 1. The average molecular weight is 459 g/mol. The van der Waals surface area contributed by atoms with Gasteiger partial charge in [0.25, 0.3) is 5.69 Å². The van der Waals surface area contributed by atoms with Crippen LogP contribution in [0.15, 0.2) is 53.7 Å². The molecule has 0 spiro atoms. The molecule has 10 nitrogen and oxygen atoms in total. The van der Waals surface area contributed by atoms with Gasteiger partial charge in [0, 0.05) is 35.4 Å². The van der Waals surface area contributed by atoms with E-state index in [0.717, 1.165) is 11.3 Å². The Morgan fingerprint density at radius 2 is 1.97 bits per heavy atom. The van der Waals surface area contributed by atoms with E-state index >= 15 is 0 Å². The minimum atomic E-state index is -0.510. The normalized spacial score (nSPS) is 19.9. The van der Waals surface area contributed by atoms with E-state index in [-0.39, 0.29) is 23.7 Å². The molecule has 0 saturated carbocycles. The molecule has 0 fully saturated rings. The summed E-state index contributed by atoms with van der Waals surface area (Å²) in [6.45, 7) is 4.29. The highest BCUT2D eigenvalue weighted by molar-refractivity contribution is 6.00. The molecule has 2 aliphatic heterocycles. The number of Topliss-reactive ketones (excluding diaryl/α,β-unsaturated/α-hetero) is 1. The van der Waals surface area contributed by atoms with Gasteiger partial charge in [-0.15, -0.1) is 5.10 Å². The topological polar surface area (TPSA) is 121 Å². The fraction of sp³-hybridized carbons (Fsp3) is 0.292. The number of hydrogen-bond acceptors (Lipinski definition) is 8. The molecule has 172 valence electrons. The summed E-state index contributed by atoms with van der Waals surface area (Å²) in [5.41, 5.74) is 2.60. The van der Waals surface area contributed by atoms with Gasteiger partial charge in [0.05, 0.1) is 4.92 Å². The van der Waals surface area contributed by atoms with Gasteiger partial charge >= 0.3 is 0 Å². The lowest BCUT2D eigenvalue weighted by Gasteiger charge is -2.38. The Bertz CT molecular complexity index is 1410. The summed E-state index contributed by atoms with van der Waals surface area (Å²) in [4.78, 5) is 28.8. The number of nitrogens with one attached hydrogen (secondary N) is 1. The van der Waals surface area contributed by atoms with Crippen molar-refractivity contribution in [1.29, 1.82) is 0 Å². The van der Waals surface area contributed by atoms with Crippen molar-refractivity contribution in [3.05, 3.63) is 69.4 Å². The van der Waals surface area contributed by atoms with E-state index in [2.05, 4.69) is 24.1 Å². The highest BCUT2D eigenvalue weighted by Gasteiger charge is 2.42. The lowest BCUT2D eigenvalue weighted by Crippen LogP contribution is -2.36. The summed E-state index contributed by atoms with van der Waals surface area (Å²) in [5, 5.41) is 19.3. The molecule has 3 aromatic rings. The van der Waals surface area contributed by atoms with Gasteiger partial charge in [-0.3, -0.25) is 14.9 Å². The minimum absolute atomic E-state index is 0.0418. The van der Waals surface area contributed by atoms with Crippen molar-refractivity contribution in [3.63, 3.8) is 0 Å². The third-order valence-electron chi connectivity index (χ3n) is 6.36. The Balaban J connectivity index is 1.51. The first kappa shape index (κ1) is 20.4. The summed E-state index contributed by atoms with van der Waals surface area (Å²) >= 11 is 0. The Labute approximate surface area is 194 Å². The van der Waals surface area contributed by atoms with Gasteiger partial charge in [-0.2, -0.15) is 4.98 Å². The second-order valence-corrected chi connectivity index (χ2v) is 9.48. The number of carbonyl (C=O) groups is 1. The molecule has 34 heavy (non-hydrogen) atoms. The van der Waals surface area contributed by atoms with Crippen LogP contribution in [0.4, 0.5) is 11.6 Å². The molecule has 0 amide bonds. The number of allylic oxidation sites excluding steroid dienone is 2. The number of fused-ring (bicyclic) bond motifs is 2. The van der Waals surface area contributed by atoms with Crippen LogP contribution in [-0.4, -0.2) is 32.3 Å².